The van der Waals surface area contributed by atoms with Crippen molar-refractivity contribution in [2.45, 2.75) is 19.3 Å². The van der Waals surface area contributed by atoms with Crippen LogP contribution in [-0.4, -0.2) is 31.9 Å². The van der Waals surface area contributed by atoms with Crippen LogP contribution in [0.15, 0.2) is 0 Å². The normalized spacial score (nSPS) is 9.21. The lowest BCUT2D eigenvalue weighted by Crippen LogP contribution is -2.23. The number of aldehydes is 1. The monoisotopic (exact) mass is 203 g/mol. The Hall–Kier alpha value is -1.43. The Morgan fingerprint density at radius 3 is 2.57 bits per heavy atom. The molecule has 0 rings (SSSR count). The number of ether oxygens (including phenoxy) is 1. The molecule has 0 aromatic heterocycles. The molecule has 0 fully saturated rings. The first kappa shape index (κ1) is 12.6. The molecule has 0 aromatic carbocycles. The van der Waals surface area contributed by atoms with Gasteiger partial charge in [-0.1, -0.05) is 0 Å². The molecule has 0 spiro atoms. The van der Waals surface area contributed by atoms with Crippen LogP contribution in [-0.2, 0) is 24.0 Å². The number of hydroxylamine groups is 1. The highest BCUT2D eigenvalue weighted by atomic mass is 16.7. The molecule has 0 saturated carbocycles. The predicted molar refractivity (Wildman–Crippen MR) is 46.0 cm³/mol. The van der Waals surface area contributed by atoms with E-state index in [0.717, 1.165) is 0 Å². The molecule has 6 heteroatoms. The van der Waals surface area contributed by atoms with Gasteiger partial charge >= 0.3 is 11.9 Å². The van der Waals surface area contributed by atoms with E-state index >= 15 is 0 Å². The molecule has 6 nitrogen and oxygen atoms in total. The van der Waals surface area contributed by atoms with E-state index in [2.05, 4.69) is 15.1 Å². The van der Waals surface area contributed by atoms with Crippen molar-refractivity contribution >= 4 is 18.2 Å². The molecular formula is C8H13NO5. The maximum atomic E-state index is 10.8. The molecule has 0 bridgehead atoms. The lowest BCUT2D eigenvalue weighted by atomic mass is 10.3. The molecule has 0 unspecified atom stereocenters. The number of hydrogen-bond donors (Lipinski definition) is 1. The van der Waals surface area contributed by atoms with E-state index in [-0.39, 0.29) is 31.8 Å². The molecule has 0 aromatic rings. The van der Waals surface area contributed by atoms with Gasteiger partial charge in [0.1, 0.15) is 6.29 Å². The van der Waals surface area contributed by atoms with E-state index < -0.39 is 5.97 Å². The van der Waals surface area contributed by atoms with E-state index in [4.69, 9.17) is 0 Å². The molecule has 0 aliphatic heterocycles. The SMILES string of the molecule is COC(=O)CCNOC(=O)CCC=O. The molecule has 0 aliphatic rings. The highest BCUT2D eigenvalue weighted by molar-refractivity contribution is 5.72. The highest BCUT2D eigenvalue weighted by Crippen LogP contribution is 1.88. The lowest BCUT2D eigenvalue weighted by Gasteiger charge is -2.03. The summed E-state index contributed by atoms with van der Waals surface area (Å²) in [4.78, 5) is 35.7. The molecule has 0 aliphatic carbocycles. The summed E-state index contributed by atoms with van der Waals surface area (Å²) in [6, 6.07) is 0. The fourth-order valence-electron chi connectivity index (χ4n) is 0.614. The molecule has 0 heterocycles. The van der Waals surface area contributed by atoms with Gasteiger partial charge in [-0.15, -0.1) is 0 Å². The second-order valence-corrected chi connectivity index (χ2v) is 2.40. The van der Waals surface area contributed by atoms with Crippen LogP contribution in [0.1, 0.15) is 19.3 Å². The minimum Gasteiger partial charge on any atom is -0.469 e. The first-order valence-electron chi connectivity index (χ1n) is 4.13. The maximum absolute atomic E-state index is 10.8. The van der Waals surface area contributed by atoms with Gasteiger partial charge in [0.2, 0.25) is 0 Å². The summed E-state index contributed by atoms with van der Waals surface area (Å²) in [5.41, 5.74) is 2.29. The summed E-state index contributed by atoms with van der Waals surface area (Å²) in [7, 11) is 1.28. The van der Waals surface area contributed by atoms with Crippen LogP contribution in [0, 0.1) is 0 Å². The minimum atomic E-state index is -0.526. The van der Waals surface area contributed by atoms with Crippen molar-refractivity contribution in [3.8, 4) is 0 Å². The molecule has 80 valence electrons. The molecular weight excluding hydrogens is 190 g/mol. The number of esters is 1. The number of methoxy groups -OCH3 is 1. The van der Waals surface area contributed by atoms with Gasteiger partial charge in [-0.2, -0.15) is 5.48 Å². The zero-order chi connectivity index (χ0) is 10.8. The van der Waals surface area contributed by atoms with Crippen LogP contribution in [0.4, 0.5) is 0 Å². The van der Waals surface area contributed by atoms with Gasteiger partial charge in [0.25, 0.3) is 0 Å². The molecule has 14 heavy (non-hydrogen) atoms. The van der Waals surface area contributed by atoms with Crippen molar-refractivity contribution in [2.24, 2.45) is 0 Å². The Bertz CT molecular complexity index is 204. The second-order valence-electron chi connectivity index (χ2n) is 2.40. The average molecular weight is 203 g/mol. The van der Waals surface area contributed by atoms with Crippen LogP contribution >= 0.6 is 0 Å². The topological polar surface area (TPSA) is 81.7 Å². The van der Waals surface area contributed by atoms with Crippen molar-refractivity contribution in [3.05, 3.63) is 0 Å². The number of carbonyl (C=O) groups excluding carboxylic acids is 3. The fourth-order valence-corrected chi connectivity index (χ4v) is 0.614. The van der Waals surface area contributed by atoms with Crippen molar-refractivity contribution in [2.75, 3.05) is 13.7 Å². The van der Waals surface area contributed by atoms with Crippen LogP contribution in [0.2, 0.25) is 0 Å². The maximum Gasteiger partial charge on any atom is 0.325 e. The highest BCUT2D eigenvalue weighted by Gasteiger charge is 2.03. The van der Waals surface area contributed by atoms with Crippen LogP contribution in [0.5, 0.6) is 0 Å². The van der Waals surface area contributed by atoms with Gasteiger partial charge in [-0.3, -0.25) is 9.59 Å². The lowest BCUT2D eigenvalue weighted by molar-refractivity contribution is -0.153. The van der Waals surface area contributed by atoms with Gasteiger partial charge in [0, 0.05) is 13.0 Å². The van der Waals surface area contributed by atoms with Crippen molar-refractivity contribution in [3.63, 3.8) is 0 Å². The third-order valence-electron chi connectivity index (χ3n) is 1.31. The van der Waals surface area contributed by atoms with Crippen molar-refractivity contribution in [1.82, 2.24) is 5.48 Å². The van der Waals surface area contributed by atoms with Gasteiger partial charge < -0.3 is 14.4 Å². The number of hydrogen-bond acceptors (Lipinski definition) is 6. The predicted octanol–water partition coefficient (Wildman–Crippen LogP) is -0.424. The van der Waals surface area contributed by atoms with Crippen LogP contribution in [0.3, 0.4) is 0 Å². The first-order valence-corrected chi connectivity index (χ1v) is 4.13. The van der Waals surface area contributed by atoms with E-state index in [1.807, 2.05) is 0 Å². The first-order chi connectivity index (χ1) is 6.70. The summed E-state index contributed by atoms with van der Waals surface area (Å²) in [5, 5.41) is 0. The van der Waals surface area contributed by atoms with Crippen LogP contribution < -0.4 is 5.48 Å². The van der Waals surface area contributed by atoms with Gasteiger partial charge in [0.05, 0.1) is 20.0 Å². The van der Waals surface area contributed by atoms with E-state index in [1.54, 1.807) is 0 Å². The van der Waals surface area contributed by atoms with Crippen molar-refractivity contribution < 1.29 is 24.0 Å². The van der Waals surface area contributed by atoms with E-state index in [9.17, 15) is 14.4 Å². The Morgan fingerprint density at radius 1 is 1.29 bits per heavy atom. The third-order valence-corrected chi connectivity index (χ3v) is 1.31. The van der Waals surface area contributed by atoms with E-state index in [1.165, 1.54) is 7.11 Å². The molecule has 0 saturated heterocycles. The molecule has 0 atom stereocenters. The van der Waals surface area contributed by atoms with Crippen molar-refractivity contribution in [1.29, 1.82) is 0 Å². The zero-order valence-corrected chi connectivity index (χ0v) is 7.95. The van der Waals surface area contributed by atoms with Crippen LogP contribution in [0.25, 0.3) is 0 Å². The van der Waals surface area contributed by atoms with E-state index in [0.29, 0.717) is 6.29 Å². The molecule has 0 radical (unpaired) electrons. The second kappa shape index (κ2) is 8.18. The standard InChI is InChI=1S/C8H13NO5/c1-13-7(11)4-5-9-14-8(12)3-2-6-10/h6,9H,2-5H2,1H3. The summed E-state index contributed by atoms with van der Waals surface area (Å²) in [6.45, 7) is 0.194. The average Bonchev–Trinajstić information content (AvgIpc) is 2.21. The Balaban J connectivity index is 3.31. The van der Waals surface area contributed by atoms with Gasteiger partial charge in [-0.25, -0.2) is 0 Å². The zero-order valence-electron chi connectivity index (χ0n) is 7.95. The Morgan fingerprint density at radius 2 is 2.00 bits per heavy atom. The third kappa shape index (κ3) is 7.23. The summed E-state index contributed by atoms with van der Waals surface area (Å²) >= 11 is 0. The number of carbonyl (C=O) groups is 3. The smallest absolute Gasteiger partial charge is 0.325 e. The summed E-state index contributed by atoms with van der Waals surface area (Å²) < 4.78 is 4.36. The Labute approximate surface area is 81.5 Å². The summed E-state index contributed by atoms with van der Waals surface area (Å²) in [5.74, 6) is -0.914. The largest absolute Gasteiger partial charge is 0.469 e. The van der Waals surface area contributed by atoms with Gasteiger partial charge in [-0.05, 0) is 0 Å². The Kier molecular flexibility index (Phi) is 7.35. The quantitative estimate of drug-likeness (QED) is 0.262. The number of rotatable bonds is 7. The van der Waals surface area contributed by atoms with Gasteiger partial charge in [0.15, 0.2) is 0 Å². The molecule has 0 amide bonds. The summed E-state index contributed by atoms with van der Waals surface area (Å²) in [6.07, 6.45) is 0.930. The fraction of sp³-hybridized carbons (Fsp3) is 0.625. The minimum absolute atomic E-state index is 0.0364. The molecule has 1 N–H and O–H groups in total. The number of nitrogens with one attached hydrogen (secondary N) is 1.